The second-order valence-corrected chi connectivity index (χ2v) is 4.61. The number of cyclic esters (lactones) is 1. The summed E-state index contributed by atoms with van der Waals surface area (Å²) >= 11 is 0. The molecule has 0 aliphatic carbocycles. The van der Waals surface area contributed by atoms with Gasteiger partial charge < -0.3 is 4.74 Å². The number of unbranched alkanes of at least 4 members (excludes halogenated alkanes) is 6. The van der Waals surface area contributed by atoms with E-state index in [4.69, 9.17) is 4.74 Å². The minimum Gasteiger partial charge on any atom is -0.463 e. The molecule has 2 heteroatoms. The number of ether oxygens (including phenoxy) is 1. The van der Waals surface area contributed by atoms with E-state index in [1.54, 1.807) is 0 Å². The molecule has 1 rings (SSSR count). The van der Waals surface area contributed by atoms with Crippen molar-refractivity contribution in [3.05, 3.63) is 0 Å². The van der Waals surface area contributed by atoms with E-state index in [0.717, 1.165) is 6.42 Å². The van der Waals surface area contributed by atoms with Crippen molar-refractivity contribution in [3.63, 3.8) is 0 Å². The van der Waals surface area contributed by atoms with E-state index in [2.05, 4.69) is 13.8 Å². The van der Waals surface area contributed by atoms with Gasteiger partial charge in [-0.3, -0.25) is 4.79 Å². The van der Waals surface area contributed by atoms with Crippen LogP contribution in [0.25, 0.3) is 0 Å². The molecule has 0 aromatic rings. The summed E-state index contributed by atoms with van der Waals surface area (Å²) in [6, 6.07) is 0. The van der Waals surface area contributed by atoms with Gasteiger partial charge >= 0.3 is 5.97 Å². The first-order valence-corrected chi connectivity index (χ1v) is 6.90. The summed E-state index contributed by atoms with van der Waals surface area (Å²) in [4.78, 5) is 10.2. The van der Waals surface area contributed by atoms with Crippen molar-refractivity contribution in [2.24, 2.45) is 0 Å². The van der Waals surface area contributed by atoms with E-state index >= 15 is 0 Å². The zero-order valence-electron chi connectivity index (χ0n) is 11.3. The summed E-state index contributed by atoms with van der Waals surface area (Å²) in [5, 5.41) is 0. The maximum atomic E-state index is 10.2. The quantitative estimate of drug-likeness (QED) is 0.495. The molecule has 1 saturated heterocycles. The molecule has 16 heavy (non-hydrogen) atoms. The molecule has 0 amide bonds. The first kappa shape index (κ1) is 15.5. The highest BCUT2D eigenvalue weighted by Crippen LogP contribution is 2.11. The van der Waals surface area contributed by atoms with Crippen LogP contribution in [0.1, 0.15) is 78.6 Å². The molecule has 1 fully saturated rings. The first-order chi connectivity index (χ1) is 7.70. The Morgan fingerprint density at radius 1 is 1.06 bits per heavy atom. The van der Waals surface area contributed by atoms with Gasteiger partial charge in [0.1, 0.15) is 0 Å². The Labute approximate surface area is 101 Å². The van der Waals surface area contributed by atoms with E-state index in [1.807, 2.05) is 6.92 Å². The summed E-state index contributed by atoms with van der Waals surface area (Å²) in [6.45, 7) is 6.44. The fourth-order valence-corrected chi connectivity index (χ4v) is 1.69. The Morgan fingerprint density at radius 2 is 1.56 bits per heavy atom. The van der Waals surface area contributed by atoms with Gasteiger partial charge in [0.05, 0.1) is 6.10 Å². The largest absolute Gasteiger partial charge is 0.463 e. The lowest BCUT2D eigenvalue weighted by atomic mass is 10.1. The van der Waals surface area contributed by atoms with Crippen molar-refractivity contribution in [1.82, 2.24) is 0 Å². The molecular weight excluding hydrogens is 200 g/mol. The molecule has 0 spiro atoms. The van der Waals surface area contributed by atoms with Crippen molar-refractivity contribution in [2.45, 2.75) is 84.7 Å². The molecule has 0 aromatic heterocycles. The Bertz CT molecular complexity index is 160. The zero-order valence-corrected chi connectivity index (χ0v) is 11.3. The highest BCUT2D eigenvalue weighted by Gasteiger charge is 2.17. The fourth-order valence-electron chi connectivity index (χ4n) is 1.69. The monoisotopic (exact) mass is 228 g/mol. The number of carbonyl (C=O) groups excluding carboxylic acids is 1. The minimum absolute atomic E-state index is 0.0486. The van der Waals surface area contributed by atoms with Crippen LogP contribution >= 0.6 is 0 Å². The average molecular weight is 228 g/mol. The SMILES string of the molecule is CCCCCCCCC.C[C@H]1CCC(=O)O1. The zero-order chi connectivity index (χ0) is 12.2. The normalized spacial score (nSPS) is 18.9. The van der Waals surface area contributed by atoms with Crippen LogP contribution in [0.4, 0.5) is 0 Å². The lowest BCUT2D eigenvalue weighted by Gasteiger charge is -1.96. The Hall–Kier alpha value is -0.530. The van der Waals surface area contributed by atoms with Crippen molar-refractivity contribution >= 4 is 5.97 Å². The molecule has 1 aliphatic heterocycles. The van der Waals surface area contributed by atoms with Crippen LogP contribution < -0.4 is 0 Å². The van der Waals surface area contributed by atoms with Crippen LogP contribution in [0.5, 0.6) is 0 Å². The predicted octanol–water partition coefficient (Wildman–Crippen LogP) is 4.47. The maximum absolute atomic E-state index is 10.2. The van der Waals surface area contributed by atoms with Crippen molar-refractivity contribution in [1.29, 1.82) is 0 Å². The van der Waals surface area contributed by atoms with Crippen LogP contribution in [0.2, 0.25) is 0 Å². The Kier molecular flexibility index (Phi) is 10.6. The molecular formula is C14H28O2. The summed E-state index contributed by atoms with van der Waals surface area (Å²) in [7, 11) is 0. The lowest BCUT2D eigenvalue weighted by molar-refractivity contribution is -0.140. The van der Waals surface area contributed by atoms with Gasteiger partial charge in [0.25, 0.3) is 0 Å². The number of hydrogen-bond acceptors (Lipinski definition) is 2. The predicted molar refractivity (Wildman–Crippen MR) is 68.5 cm³/mol. The third-order valence-electron chi connectivity index (χ3n) is 2.79. The van der Waals surface area contributed by atoms with Gasteiger partial charge in [-0.05, 0) is 13.3 Å². The van der Waals surface area contributed by atoms with Gasteiger partial charge in [0.2, 0.25) is 0 Å². The molecule has 0 saturated carbocycles. The molecule has 2 nitrogen and oxygen atoms in total. The fraction of sp³-hybridized carbons (Fsp3) is 0.929. The van der Waals surface area contributed by atoms with E-state index in [1.165, 1.54) is 44.9 Å². The smallest absolute Gasteiger partial charge is 0.306 e. The van der Waals surface area contributed by atoms with E-state index in [0.29, 0.717) is 6.42 Å². The summed E-state index contributed by atoms with van der Waals surface area (Å²) in [5.41, 5.74) is 0. The highest BCUT2D eigenvalue weighted by atomic mass is 16.5. The standard InChI is InChI=1S/C9H20.C5H8O2/c1-3-5-7-9-8-6-4-2;1-4-2-3-5(6)7-4/h3-9H2,1-2H3;4H,2-3H2,1H3/t;4-/m.0/s1. The molecule has 0 N–H and O–H groups in total. The Morgan fingerprint density at radius 3 is 1.81 bits per heavy atom. The lowest BCUT2D eigenvalue weighted by Crippen LogP contribution is -1.98. The third-order valence-corrected chi connectivity index (χ3v) is 2.79. The summed E-state index contributed by atoms with van der Waals surface area (Å²) < 4.78 is 4.72. The highest BCUT2D eigenvalue weighted by molar-refractivity contribution is 5.71. The minimum atomic E-state index is -0.0486. The number of rotatable bonds is 6. The van der Waals surface area contributed by atoms with Crippen LogP contribution in [-0.4, -0.2) is 12.1 Å². The molecule has 1 aliphatic rings. The van der Waals surface area contributed by atoms with Gasteiger partial charge in [-0.15, -0.1) is 0 Å². The second kappa shape index (κ2) is 11.0. The van der Waals surface area contributed by atoms with Crippen LogP contribution in [-0.2, 0) is 9.53 Å². The van der Waals surface area contributed by atoms with Gasteiger partial charge in [0, 0.05) is 6.42 Å². The van der Waals surface area contributed by atoms with E-state index in [9.17, 15) is 4.79 Å². The van der Waals surface area contributed by atoms with Gasteiger partial charge in [0.15, 0.2) is 0 Å². The van der Waals surface area contributed by atoms with Crippen LogP contribution in [0, 0.1) is 0 Å². The molecule has 1 atom stereocenters. The number of hydrogen-bond donors (Lipinski definition) is 0. The average Bonchev–Trinajstić information content (AvgIpc) is 2.63. The molecule has 0 unspecified atom stereocenters. The number of carbonyl (C=O) groups is 1. The Balaban J connectivity index is 0.000000288. The first-order valence-electron chi connectivity index (χ1n) is 6.90. The van der Waals surface area contributed by atoms with E-state index in [-0.39, 0.29) is 12.1 Å². The van der Waals surface area contributed by atoms with Gasteiger partial charge in [-0.25, -0.2) is 0 Å². The second-order valence-electron chi connectivity index (χ2n) is 4.61. The van der Waals surface area contributed by atoms with Crippen LogP contribution in [0.15, 0.2) is 0 Å². The molecule has 96 valence electrons. The molecule has 0 aromatic carbocycles. The topological polar surface area (TPSA) is 26.3 Å². The van der Waals surface area contributed by atoms with Crippen molar-refractivity contribution in [3.8, 4) is 0 Å². The summed E-state index contributed by atoms with van der Waals surface area (Å²) in [5.74, 6) is -0.0486. The number of esters is 1. The van der Waals surface area contributed by atoms with E-state index < -0.39 is 0 Å². The van der Waals surface area contributed by atoms with Gasteiger partial charge in [-0.1, -0.05) is 58.8 Å². The van der Waals surface area contributed by atoms with Crippen molar-refractivity contribution in [2.75, 3.05) is 0 Å². The maximum Gasteiger partial charge on any atom is 0.306 e. The molecule has 0 bridgehead atoms. The van der Waals surface area contributed by atoms with Gasteiger partial charge in [-0.2, -0.15) is 0 Å². The third kappa shape index (κ3) is 10.0. The molecule has 1 heterocycles. The summed E-state index contributed by atoms with van der Waals surface area (Å²) in [6.07, 6.45) is 11.7. The van der Waals surface area contributed by atoms with Crippen molar-refractivity contribution < 1.29 is 9.53 Å². The van der Waals surface area contributed by atoms with Crippen LogP contribution in [0.3, 0.4) is 0 Å². The molecule has 0 radical (unpaired) electrons.